The Morgan fingerprint density at radius 3 is 2.14 bits per heavy atom. The Hall–Kier alpha value is -1.35. The third-order valence-electron chi connectivity index (χ3n) is 3.93. The van der Waals surface area contributed by atoms with E-state index in [1.54, 1.807) is 12.1 Å². The van der Waals surface area contributed by atoms with Gasteiger partial charge in [0.15, 0.2) is 0 Å². The average Bonchev–Trinajstić information content (AvgIpc) is 2.43. The maximum absolute atomic E-state index is 10.8. The van der Waals surface area contributed by atoms with E-state index in [-0.39, 0.29) is 0 Å². The maximum Gasteiger partial charge on any atom is 0.335 e. The minimum absolute atomic E-state index is 0.361. The Kier molecular flexibility index (Phi) is 7.44. The number of benzene rings is 1. The molecule has 0 saturated carbocycles. The van der Waals surface area contributed by atoms with Gasteiger partial charge in [-0.3, -0.25) is 0 Å². The van der Waals surface area contributed by atoms with Crippen molar-refractivity contribution in [2.45, 2.75) is 52.0 Å². The smallest absolute Gasteiger partial charge is 0.335 e. The fourth-order valence-electron chi connectivity index (χ4n) is 2.65. The summed E-state index contributed by atoms with van der Waals surface area (Å²) in [7, 11) is 4.49. The monoisotopic (exact) mass is 292 g/mol. The van der Waals surface area contributed by atoms with E-state index in [1.165, 1.54) is 50.6 Å². The van der Waals surface area contributed by atoms with Crippen molar-refractivity contribution in [1.29, 1.82) is 0 Å². The van der Waals surface area contributed by atoms with Crippen LogP contribution in [0.1, 0.15) is 61.4 Å². The van der Waals surface area contributed by atoms with Crippen LogP contribution in [0.25, 0.3) is 0 Å². The standard InChI is InChI=1S/C18H29NO2/c1-4-5-6-7-8-9-14-19(2,3)15-16-10-12-17(13-11-16)18(20)21/h10-13H,4-9,14-15H2,1-3H3/p+1. The Morgan fingerprint density at radius 2 is 1.57 bits per heavy atom. The Bertz CT molecular complexity index is 423. The van der Waals surface area contributed by atoms with Gasteiger partial charge in [-0.15, -0.1) is 0 Å². The predicted molar refractivity (Wildman–Crippen MR) is 87.5 cm³/mol. The highest BCUT2D eigenvalue weighted by Crippen LogP contribution is 2.13. The van der Waals surface area contributed by atoms with E-state index in [1.807, 2.05) is 12.1 Å². The largest absolute Gasteiger partial charge is 0.478 e. The molecule has 1 aromatic carbocycles. The Balaban J connectivity index is 2.35. The molecule has 0 fully saturated rings. The third-order valence-corrected chi connectivity index (χ3v) is 3.93. The molecule has 0 aliphatic carbocycles. The lowest BCUT2D eigenvalue weighted by Gasteiger charge is -2.30. The van der Waals surface area contributed by atoms with Crippen LogP contribution >= 0.6 is 0 Å². The lowest BCUT2D eigenvalue weighted by molar-refractivity contribution is -0.903. The van der Waals surface area contributed by atoms with Crippen molar-refractivity contribution in [3.05, 3.63) is 35.4 Å². The van der Waals surface area contributed by atoms with E-state index in [0.29, 0.717) is 5.56 Å². The Labute approximate surface area is 129 Å². The number of unbranched alkanes of at least 4 members (excludes halogenated alkanes) is 5. The quantitative estimate of drug-likeness (QED) is 0.515. The minimum Gasteiger partial charge on any atom is -0.478 e. The van der Waals surface area contributed by atoms with Gasteiger partial charge < -0.3 is 9.59 Å². The third kappa shape index (κ3) is 7.28. The summed E-state index contributed by atoms with van der Waals surface area (Å²) >= 11 is 0. The van der Waals surface area contributed by atoms with E-state index >= 15 is 0 Å². The van der Waals surface area contributed by atoms with E-state index in [4.69, 9.17) is 5.11 Å². The molecule has 118 valence electrons. The molecule has 0 saturated heterocycles. The van der Waals surface area contributed by atoms with Gasteiger partial charge in [-0.1, -0.05) is 44.7 Å². The first-order chi connectivity index (χ1) is 9.94. The van der Waals surface area contributed by atoms with Crippen molar-refractivity contribution in [2.24, 2.45) is 0 Å². The van der Waals surface area contributed by atoms with Gasteiger partial charge in [-0.25, -0.2) is 4.79 Å². The number of carbonyl (C=O) groups is 1. The number of rotatable bonds is 10. The van der Waals surface area contributed by atoms with Crippen LogP contribution in [0.5, 0.6) is 0 Å². The number of quaternary nitrogens is 1. The van der Waals surface area contributed by atoms with Crippen LogP contribution in [0, 0.1) is 0 Å². The van der Waals surface area contributed by atoms with Gasteiger partial charge in [0.1, 0.15) is 6.54 Å². The number of carboxylic acids is 1. The second-order valence-corrected chi connectivity index (χ2v) is 6.59. The number of hydrogen-bond donors (Lipinski definition) is 1. The molecular formula is C18H30NO2+. The number of carboxylic acid groups (broad SMARTS) is 1. The Morgan fingerprint density at radius 1 is 1.00 bits per heavy atom. The summed E-state index contributed by atoms with van der Waals surface area (Å²) in [5, 5.41) is 8.91. The molecule has 0 aromatic heterocycles. The van der Waals surface area contributed by atoms with Gasteiger partial charge in [0.05, 0.1) is 26.2 Å². The van der Waals surface area contributed by atoms with Crippen LogP contribution in [-0.4, -0.2) is 36.2 Å². The van der Waals surface area contributed by atoms with Crippen LogP contribution in [0.3, 0.4) is 0 Å². The average molecular weight is 292 g/mol. The van der Waals surface area contributed by atoms with Gasteiger partial charge in [-0.2, -0.15) is 0 Å². The van der Waals surface area contributed by atoms with Crippen LogP contribution < -0.4 is 0 Å². The molecule has 1 rings (SSSR count). The van der Waals surface area contributed by atoms with E-state index < -0.39 is 5.97 Å². The molecule has 0 aliphatic heterocycles. The summed E-state index contributed by atoms with van der Waals surface area (Å²) in [6.07, 6.45) is 7.95. The molecule has 0 amide bonds. The molecule has 1 aromatic rings. The minimum atomic E-state index is -0.859. The van der Waals surface area contributed by atoms with Crippen LogP contribution in [0.15, 0.2) is 24.3 Å². The lowest BCUT2D eigenvalue weighted by atomic mass is 10.1. The van der Waals surface area contributed by atoms with Crippen LogP contribution in [0.4, 0.5) is 0 Å². The normalized spacial score (nSPS) is 11.6. The highest BCUT2D eigenvalue weighted by atomic mass is 16.4. The van der Waals surface area contributed by atoms with Crippen LogP contribution in [-0.2, 0) is 6.54 Å². The van der Waals surface area contributed by atoms with Crippen molar-refractivity contribution < 1.29 is 14.4 Å². The van der Waals surface area contributed by atoms with Crippen molar-refractivity contribution in [3.8, 4) is 0 Å². The number of nitrogens with zero attached hydrogens (tertiary/aromatic N) is 1. The second kappa shape index (κ2) is 8.83. The van der Waals surface area contributed by atoms with Crippen molar-refractivity contribution in [3.63, 3.8) is 0 Å². The summed E-state index contributed by atoms with van der Waals surface area (Å²) in [4.78, 5) is 10.8. The molecule has 0 spiro atoms. The number of hydrogen-bond acceptors (Lipinski definition) is 1. The summed E-state index contributed by atoms with van der Waals surface area (Å²) in [5.41, 5.74) is 1.57. The first kappa shape index (κ1) is 17.7. The maximum atomic E-state index is 10.8. The fourth-order valence-corrected chi connectivity index (χ4v) is 2.65. The first-order valence-corrected chi connectivity index (χ1v) is 8.09. The summed E-state index contributed by atoms with van der Waals surface area (Å²) in [6, 6.07) is 7.26. The molecular weight excluding hydrogens is 262 g/mol. The van der Waals surface area contributed by atoms with Crippen LogP contribution in [0.2, 0.25) is 0 Å². The zero-order valence-corrected chi connectivity index (χ0v) is 13.8. The molecule has 0 bridgehead atoms. The number of aromatic carboxylic acids is 1. The molecule has 21 heavy (non-hydrogen) atoms. The van der Waals surface area contributed by atoms with E-state index in [2.05, 4.69) is 21.0 Å². The van der Waals surface area contributed by atoms with Gasteiger partial charge in [0.25, 0.3) is 0 Å². The molecule has 3 nitrogen and oxygen atoms in total. The molecule has 0 aliphatic rings. The molecule has 0 unspecified atom stereocenters. The topological polar surface area (TPSA) is 37.3 Å². The predicted octanol–water partition coefficient (Wildman–Crippen LogP) is 4.32. The van der Waals surface area contributed by atoms with E-state index in [9.17, 15) is 4.79 Å². The molecule has 3 heteroatoms. The zero-order valence-electron chi connectivity index (χ0n) is 13.8. The molecule has 0 atom stereocenters. The van der Waals surface area contributed by atoms with E-state index in [0.717, 1.165) is 11.0 Å². The van der Waals surface area contributed by atoms with Gasteiger partial charge in [0, 0.05) is 5.56 Å². The summed E-state index contributed by atoms with van der Waals surface area (Å²) in [6.45, 7) is 4.37. The van der Waals surface area contributed by atoms with Gasteiger partial charge in [0.2, 0.25) is 0 Å². The van der Waals surface area contributed by atoms with Gasteiger partial charge >= 0.3 is 5.97 Å². The molecule has 1 N–H and O–H groups in total. The lowest BCUT2D eigenvalue weighted by Crippen LogP contribution is -2.39. The molecule has 0 heterocycles. The SMILES string of the molecule is CCCCCCCC[N+](C)(C)Cc1ccc(C(=O)O)cc1. The highest BCUT2D eigenvalue weighted by molar-refractivity contribution is 5.87. The fraction of sp³-hybridized carbons (Fsp3) is 0.611. The van der Waals surface area contributed by atoms with Crippen molar-refractivity contribution in [2.75, 3.05) is 20.6 Å². The summed E-state index contributed by atoms with van der Waals surface area (Å²) < 4.78 is 0.959. The first-order valence-electron chi connectivity index (χ1n) is 8.09. The van der Waals surface area contributed by atoms with Gasteiger partial charge in [-0.05, 0) is 25.0 Å². The highest BCUT2D eigenvalue weighted by Gasteiger charge is 2.15. The summed E-state index contributed by atoms with van der Waals surface area (Å²) in [5.74, 6) is -0.859. The molecule has 0 radical (unpaired) electrons. The zero-order chi connectivity index (χ0) is 15.7. The second-order valence-electron chi connectivity index (χ2n) is 6.59. The van der Waals surface area contributed by atoms with Crippen molar-refractivity contribution in [1.82, 2.24) is 0 Å². The van der Waals surface area contributed by atoms with Crippen molar-refractivity contribution >= 4 is 5.97 Å².